The lowest BCUT2D eigenvalue weighted by Crippen LogP contribution is -2.29. The van der Waals surface area contributed by atoms with E-state index in [4.69, 9.17) is 4.74 Å². The van der Waals surface area contributed by atoms with E-state index in [1.807, 2.05) is 66.7 Å². The number of ether oxygens (including phenoxy) is 1. The van der Waals surface area contributed by atoms with Crippen LogP contribution >= 0.6 is 11.3 Å². The maximum Gasteiger partial charge on any atom is 0.202 e. The van der Waals surface area contributed by atoms with Gasteiger partial charge in [-0.25, -0.2) is 0 Å². The van der Waals surface area contributed by atoms with Crippen molar-refractivity contribution in [1.82, 2.24) is 20.1 Å². The molecule has 0 unspecified atom stereocenters. The topological polar surface area (TPSA) is 79.8 Å². The lowest BCUT2D eigenvalue weighted by atomic mass is 10.1. The van der Waals surface area contributed by atoms with Crippen molar-refractivity contribution in [1.29, 1.82) is 0 Å². The number of fused-ring (bicyclic) bond motifs is 1. The van der Waals surface area contributed by atoms with Crippen molar-refractivity contribution in [3.05, 3.63) is 83.6 Å². The minimum Gasteiger partial charge on any atom is -0.691 e. The SMILES string of the molecule is CCCCCCCCOc1ccc(-c2nnc(-c3ccc(Cn4n[n+]([O-])c5ccccc54)cc3)s2)cc1. The molecule has 0 atom stereocenters. The van der Waals surface area contributed by atoms with Gasteiger partial charge < -0.3 is 9.94 Å². The van der Waals surface area contributed by atoms with E-state index in [-0.39, 0.29) is 0 Å². The van der Waals surface area contributed by atoms with E-state index >= 15 is 0 Å². The van der Waals surface area contributed by atoms with E-state index in [1.54, 1.807) is 22.1 Å². The van der Waals surface area contributed by atoms with Gasteiger partial charge in [0.15, 0.2) is 5.52 Å². The van der Waals surface area contributed by atoms with Crippen molar-refractivity contribution in [2.45, 2.75) is 52.0 Å². The van der Waals surface area contributed by atoms with Gasteiger partial charge in [-0.1, -0.05) is 86.8 Å². The lowest BCUT2D eigenvalue weighted by Gasteiger charge is -2.06. The average molecular weight is 514 g/mol. The minimum absolute atomic E-state index is 0.519. The van der Waals surface area contributed by atoms with Crippen LogP contribution in [0.15, 0.2) is 72.8 Å². The Morgan fingerprint density at radius 3 is 2.19 bits per heavy atom. The number of unbranched alkanes of at least 4 members (excludes halogenated alkanes) is 5. The Morgan fingerprint density at radius 1 is 0.811 bits per heavy atom. The van der Waals surface area contributed by atoms with E-state index in [9.17, 15) is 5.21 Å². The Kier molecular flexibility index (Phi) is 8.05. The van der Waals surface area contributed by atoms with Crippen LogP contribution in [0.4, 0.5) is 0 Å². The highest BCUT2D eigenvalue weighted by Gasteiger charge is 2.14. The molecule has 7 nitrogen and oxygen atoms in total. The molecule has 0 aliphatic carbocycles. The highest BCUT2D eigenvalue weighted by molar-refractivity contribution is 7.17. The van der Waals surface area contributed by atoms with Crippen molar-refractivity contribution in [3.8, 4) is 26.9 Å². The molecule has 190 valence electrons. The van der Waals surface area contributed by atoms with Gasteiger partial charge in [0.25, 0.3) is 0 Å². The van der Waals surface area contributed by atoms with Gasteiger partial charge in [-0.2, -0.15) is 0 Å². The summed E-state index contributed by atoms with van der Waals surface area (Å²) in [4.78, 5) is 0.667. The summed E-state index contributed by atoms with van der Waals surface area (Å²) in [6.45, 7) is 3.52. The number of benzene rings is 3. The molecule has 8 heteroatoms. The van der Waals surface area contributed by atoms with E-state index in [0.29, 0.717) is 16.9 Å². The minimum atomic E-state index is 0.519. The number of para-hydroxylation sites is 2. The Hall–Kier alpha value is -3.78. The van der Waals surface area contributed by atoms with E-state index in [2.05, 4.69) is 22.3 Å². The zero-order chi connectivity index (χ0) is 25.5. The molecule has 2 heterocycles. The van der Waals surface area contributed by atoms with Crippen LogP contribution in [0.25, 0.3) is 32.2 Å². The summed E-state index contributed by atoms with van der Waals surface area (Å²) < 4.78 is 7.62. The van der Waals surface area contributed by atoms with E-state index in [0.717, 1.165) is 51.0 Å². The van der Waals surface area contributed by atoms with Crippen LogP contribution in [0.5, 0.6) is 5.75 Å². The zero-order valence-electron chi connectivity index (χ0n) is 21.0. The third kappa shape index (κ3) is 6.14. The van der Waals surface area contributed by atoms with Gasteiger partial charge in [-0.15, -0.1) is 19.7 Å². The standard InChI is InChI=1S/C29H31N5O2S/c1-2-3-4-5-6-9-20-36-25-18-16-24(17-19-25)29-31-30-28(37-29)23-14-12-22(13-15-23)21-33-26-10-7-8-11-27(26)34(35)32-33/h7-8,10-19H,2-6,9,20-21H2,1H3. The fourth-order valence-corrected chi connectivity index (χ4v) is 5.16. The Bertz CT molecular complexity index is 1430. The monoisotopic (exact) mass is 513 g/mol. The molecule has 0 spiro atoms. The molecule has 5 rings (SSSR count). The fraction of sp³-hybridized carbons (Fsp3) is 0.310. The molecule has 5 aromatic rings. The molecular formula is C29H31N5O2S. The third-order valence-electron chi connectivity index (χ3n) is 6.38. The van der Waals surface area contributed by atoms with Crippen molar-refractivity contribution in [3.63, 3.8) is 0 Å². The van der Waals surface area contributed by atoms with Crippen LogP contribution in [-0.4, -0.2) is 26.7 Å². The summed E-state index contributed by atoms with van der Waals surface area (Å²) in [5.74, 6) is 0.894. The maximum atomic E-state index is 12.0. The normalized spacial score (nSPS) is 11.3. The second kappa shape index (κ2) is 12.0. The molecule has 0 radical (unpaired) electrons. The first-order valence-corrected chi connectivity index (χ1v) is 13.7. The molecule has 37 heavy (non-hydrogen) atoms. The van der Waals surface area contributed by atoms with Gasteiger partial charge in [0.1, 0.15) is 22.3 Å². The molecule has 0 saturated heterocycles. The summed E-state index contributed by atoms with van der Waals surface area (Å²) in [6, 6.07) is 23.7. The number of rotatable bonds is 12. The summed E-state index contributed by atoms with van der Waals surface area (Å²) in [7, 11) is 0. The molecule has 0 bridgehead atoms. The fourth-order valence-electron chi connectivity index (χ4n) is 4.30. The first-order valence-electron chi connectivity index (χ1n) is 12.9. The van der Waals surface area contributed by atoms with Gasteiger partial charge in [0, 0.05) is 11.1 Å². The second-order valence-corrected chi connectivity index (χ2v) is 10.1. The highest BCUT2D eigenvalue weighted by Crippen LogP contribution is 2.31. The molecule has 0 aliphatic heterocycles. The number of hydrogen-bond donors (Lipinski definition) is 0. The largest absolute Gasteiger partial charge is 0.691 e. The molecule has 0 saturated carbocycles. The van der Waals surface area contributed by atoms with Crippen LogP contribution in [0, 0.1) is 5.21 Å². The van der Waals surface area contributed by atoms with Gasteiger partial charge in [0.05, 0.1) is 11.8 Å². The number of aromatic nitrogens is 5. The Balaban J connectivity index is 1.17. The summed E-state index contributed by atoms with van der Waals surface area (Å²) in [6.07, 6.45) is 7.55. The van der Waals surface area contributed by atoms with Crippen LogP contribution < -0.4 is 9.58 Å². The summed E-state index contributed by atoms with van der Waals surface area (Å²) in [5.41, 5.74) is 4.48. The third-order valence-corrected chi connectivity index (χ3v) is 7.40. The molecule has 2 aromatic heterocycles. The van der Waals surface area contributed by atoms with E-state index in [1.165, 1.54) is 32.1 Å². The number of nitrogens with zero attached hydrogens (tertiary/aromatic N) is 5. The van der Waals surface area contributed by atoms with Crippen molar-refractivity contribution < 1.29 is 9.58 Å². The second-order valence-electron chi connectivity index (χ2n) is 9.16. The molecule has 0 amide bonds. The first-order chi connectivity index (χ1) is 18.2. The summed E-state index contributed by atoms with van der Waals surface area (Å²) >= 11 is 1.57. The zero-order valence-corrected chi connectivity index (χ0v) is 21.9. The van der Waals surface area contributed by atoms with Gasteiger partial charge in [-0.05, 0) is 48.4 Å². The molecule has 0 fully saturated rings. The van der Waals surface area contributed by atoms with Crippen LogP contribution in [-0.2, 0) is 6.54 Å². The van der Waals surface area contributed by atoms with E-state index < -0.39 is 0 Å². The summed E-state index contributed by atoms with van der Waals surface area (Å²) in [5, 5.41) is 26.7. The predicted octanol–water partition coefficient (Wildman–Crippen LogP) is 6.64. The highest BCUT2D eigenvalue weighted by atomic mass is 32.1. The number of hydrogen-bond acceptors (Lipinski definition) is 6. The molecule has 3 aromatic carbocycles. The predicted molar refractivity (Wildman–Crippen MR) is 147 cm³/mol. The quantitative estimate of drug-likeness (QED) is 0.106. The van der Waals surface area contributed by atoms with Gasteiger partial charge in [-0.3, -0.25) is 0 Å². The van der Waals surface area contributed by atoms with Crippen LogP contribution in [0.2, 0.25) is 0 Å². The lowest BCUT2D eigenvalue weighted by molar-refractivity contribution is -0.646. The Labute approximate surface area is 220 Å². The van der Waals surface area contributed by atoms with Crippen LogP contribution in [0.3, 0.4) is 0 Å². The molecule has 0 aliphatic rings. The van der Waals surface area contributed by atoms with Crippen molar-refractivity contribution >= 4 is 22.4 Å². The van der Waals surface area contributed by atoms with Crippen molar-refractivity contribution in [2.24, 2.45) is 0 Å². The average Bonchev–Trinajstić information content (AvgIpc) is 3.55. The first kappa shape index (κ1) is 24.9. The smallest absolute Gasteiger partial charge is 0.202 e. The van der Waals surface area contributed by atoms with Crippen molar-refractivity contribution in [2.75, 3.05) is 6.61 Å². The maximum absolute atomic E-state index is 12.0. The van der Waals surface area contributed by atoms with Gasteiger partial charge in [0.2, 0.25) is 5.52 Å². The van der Waals surface area contributed by atoms with Gasteiger partial charge >= 0.3 is 0 Å². The van der Waals surface area contributed by atoms with Crippen LogP contribution in [0.1, 0.15) is 51.0 Å². The Morgan fingerprint density at radius 2 is 1.46 bits per heavy atom. The molecule has 0 N–H and O–H groups in total. The molecular weight excluding hydrogens is 482 g/mol.